The third-order valence-electron chi connectivity index (χ3n) is 7.36. The van der Waals surface area contributed by atoms with Crippen LogP contribution in [0, 0.1) is 5.95 Å². The summed E-state index contributed by atoms with van der Waals surface area (Å²) in [7, 11) is 0. The van der Waals surface area contributed by atoms with Gasteiger partial charge in [-0.2, -0.15) is 22.5 Å². The lowest BCUT2D eigenvalue weighted by atomic mass is 10.0. The lowest BCUT2D eigenvalue weighted by Gasteiger charge is -2.23. The van der Waals surface area contributed by atoms with Crippen LogP contribution in [0.5, 0.6) is 0 Å². The van der Waals surface area contributed by atoms with Crippen LogP contribution >= 0.6 is 11.6 Å². The van der Waals surface area contributed by atoms with Gasteiger partial charge in [-0.25, -0.2) is 9.97 Å². The lowest BCUT2D eigenvalue weighted by Crippen LogP contribution is -2.29. The van der Waals surface area contributed by atoms with Crippen molar-refractivity contribution in [2.45, 2.75) is 31.6 Å². The van der Waals surface area contributed by atoms with Crippen molar-refractivity contribution in [2.24, 2.45) is 0 Å². The van der Waals surface area contributed by atoms with Gasteiger partial charge in [-0.1, -0.05) is 41.9 Å². The number of aromatic nitrogens is 4. The Morgan fingerprint density at radius 3 is 2.51 bits per heavy atom. The summed E-state index contributed by atoms with van der Waals surface area (Å²) in [4.78, 5) is 26.7. The second-order valence-corrected chi connectivity index (χ2v) is 10.6. The van der Waals surface area contributed by atoms with E-state index < -0.39 is 29.8 Å². The fourth-order valence-corrected chi connectivity index (χ4v) is 5.48. The molecule has 5 aromatic rings. The average Bonchev–Trinajstić information content (AvgIpc) is 2.99. The Morgan fingerprint density at radius 1 is 0.977 bits per heavy atom. The predicted molar refractivity (Wildman–Crippen MR) is 155 cm³/mol. The molecule has 0 radical (unpaired) electrons. The number of nitrogens with zero attached hydrogens (tertiary/aromatic N) is 4. The molecule has 2 aromatic carbocycles. The molecular weight excluding hydrogens is 586 g/mol. The number of alkyl halides is 3. The highest BCUT2D eigenvalue weighted by atomic mass is 35.5. The summed E-state index contributed by atoms with van der Waals surface area (Å²) in [5, 5.41) is 3.82. The zero-order valence-corrected chi connectivity index (χ0v) is 23.3. The van der Waals surface area contributed by atoms with Crippen LogP contribution < -0.4 is 10.9 Å². The predicted octanol–water partition coefficient (Wildman–Crippen LogP) is 6.97. The SMILES string of the molecule is O=c1c(-c2ccc(-c3cccnc3F)cc2Cl)cc2cnc(NC3CCOCC3)nc2n1Cc1ccccc1C(F)(F)F. The van der Waals surface area contributed by atoms with Gasteiger partial charge in [-0.3, -0.25) is 9.36 Å². The Kier molecular flexibility index (Phi) is 7.85. The molecule has 0 amide bonds. The molecule has 220 valence electrons. The first-order valence-corrected chi connectivity index (χ1v) is 13.9. The molecule has 0 atom stereocenters. The summed E-state index contributed by atoms with van der Waals surface area (Å²) in [5.41, 5.74) is -0.237. The highest BCUT2D eigenvalue weighted by molar-refractivity contribution is 6.33. The summed E-state index contributed by atoms with van der Waals surface area (Å²) < 4.78 is 62.7. The zero-order valence-electron chi connectivity index (χ0n) is 22.5. The Bertz CT molecular complexity index is 1870. The van der Waals surface area contributed by atoms with E-state index in [9.17, 15) is 22.4 Å². The van der Waals surface area contributed by atoms with E-state index in [0.717, 1.165) is 18.9 Å². The quantitative estimate of drug-likeness (QED) is 0.165. The summed E-state index contributed by atoms with van der Waals surface area (Å²) in [6, 6.07) is 14.6. The van der Waals surface area contributed by atoms with E-state index >= 15 is 0 Å². The largest absolute Gasteiger partial charge is 0.416 e. The van der Waals surface area contributed by atoms with Gasteiger partial charge in [0.05, 0.1) is 12.1 Å². The summed E-state index contributed by atoms with van der Waals surface area (Å²) >= 11 is 6.63. The van der Waals surface area contributed by atoms with E-state index in [1.807, 2.05) is 0 Å². The Balaban J connectivity index is 1.49. The molecule has 43 heavy (non-hydrogen) atoms. The number of ether oxygens (including phenoxy) is 1. The van der Waals surface area contributed by atoms with Gasteiger partial charge < -0.3 is 10.1 Å². The standard InChI is InChI=1S/C31H24ClF4N5O2/c32-26-15-18(22-5-3-11-37-27(22)33)7-8-23(26)24-14-20-16-38-30(39-21-9-12-43-13-10-21)40-28(20)41(29(24)42)17-19-4-1-2-6-25(19)31(34,35)36/h1-8,11,14-16,21H,9-10,12-13,17H2,(H,38,39,40). The van der Waals surface area contributed by atoms with Crippen LogP contribution in [0.2, 0.25) is 5.02 Å². The van der Waals surface area contributed by atoms with Gasteiger partial charge in [-0.05, 0) is 54.3 Å². The van der Waals surface area contributed by atoms with E-state index in [-0.39, 0.29) is 39.4 Å². The first-order valence-electron chi connectivity index (χ1n) is 13.5. The van der Waals surface area contributed by atoms with E-state index in [1.165, 1.54) is 41.2 Å². The van der Waals surface area contributed by atoms with Crippen LogP contribution in [0.4, 0.5) is 23.5 Å². The second-order valence-electron chi connectivity index (χ2n) is 10.1. The highest BCUT2D eigenvalue weighted by Crippen LogP contribution is 2.34. The third-order valence-corrected chi connectivity index (χ3v) is 7.67. The van der Waals surface area contributed by atoms with Crippen molar-refractivity contribution >= 4 is 28.6 Å². The average molecular weight is 610 g/mol. The summed E-state index contributed by atoms with van der Waals surface area (Å²) in [6.45, 7) is 0.768. The van der Waals surface area contributed by atoms with Gasteiger partial charge in [0.25, 0.3) is 5.56 Å². The molecule has 4 heterocycles. The number of anilines is 1. The molecule has 0 bridgehead atoms. The number of pyridine rings is 2. The molecule has 1 aliphatic rings. The van der Waals surface area contributed by atoms with Gasteiger partial charge in [0.15, 0.2) is 0 Å². The van der Waals surface area contributed by atoms with E-state index in [4.69, 9.17) is 16.3 Å². The van der Waals surface area contributed by atoms with Crippen molar-refractivity contribution in [3.63, 3.8) is 0 Å². The van der Waals surface area contributed by atoms with Crippen LogP contribution in [-0.4, -0.2) is 38.8 Å². The number of nitrogens with one attached hydrogen (secondary N) is 1. The second kappa shape index (κ2) is 11.7. The molecule has 1 N–H and O–H groups in total. The highest BCUT2D eigenvalue weighted by Gasteiger charge is 2.33. The fourth-order valence-electron chi connectivity index (χ4n) is 5.20. The molecule has 3 aromatic heterocycles. The topological polar surface area (TPSA) is 81.9 Å². The van der Waals surface area contributed by atoms with Crippen LogP contribution in [0.25, 0.3) is 33.3 Å². The molecule has 12 heteroatoms. The summed E-state index contributed by atoms with van der Waals surface area (Å²) in [6.07, 6.45) is -0.297. The number of fused-ring (bicyclic) bond motifs is 1. The molecule has 1 saturated heterocycles. The maximum atomic E-state index is 14.3. The molecule has 0 aliphatic carbocycles. The number of benzene rings is 2. The van der Waals surface area contributed by atoms with Crippen molar-refractivity contribution in [2.75, 3.05) is 18.5 Å². The fraction of sp³-hybridized carbons (Fsp3) is 0.226. The van der Waals surface area contributed by atoms with Crippen molar-refractivity contribution in [1.29, 1.82) is 0 Å². The Labute approximate surface area is 248 Å². The van der Waals surface area contributed by atoms with Gasteiger partial charge in [0.2, 0.25) is 11.9 Å². The number of rotatable bonds is 6. The van der Waals surface area contributed by atoms with Crippen LogP contribution in [0.15, 0.2) is 77.9 Å². The minimum absolute atomic E-state index is 0.0542. The maximum Gasteiger partial charge on any atom is 0.416 e. The van der Waals surface area contributed by atoms with Gasteiger partial charge in [-0.15, -0.1) is 0 Å². The molecular formula is C31H24ClF4N5O2. The first kappa shape index (κ1) is 28.8. The van der Waals surface area contributed by atoms with E-state index in [1.54, 1.807) is 30.3 Å². The van der Waals surface area contributed by atoms with Crippen molar-refractivity contribution < 1.29 is 22.3 Å². The molecule has 0 unspecified atom stereocenters. The molecule has 1 fully saturated rings. The molecule has 0 saturated carbocycles. The number of hydrogen-bond donors (Lipinski definition) is 1. The minimum Gasteiger partial charge on any atom is -0.381 e. The lowest BCUT2D eigenvalue weighted by molar-refractivity contribution is -0.138. The first-order chi connectivity index (χ1) is 20.7. The smallest absolute Gasteiger partial charge is 0.381 e. The minimum atomic E-state index is -4.63. The van der Waals surface area contributed by atoms with E-state index in [2.05, 4.69) is 20.3 Å². The molecule has 7 nitrogen and oxygen atoms in total. The van der Waals surface area contributed by atoms with Crippen molar-refractivity contribution in [3.8, 4) is 22.3 Å². The monoisotopic (exact) mass is 609 g/mol. The van der Waals surface area contributed by atoms with Gasteiger partial charge in [0, 0.05) is 58.7 Å². The van der Waals surface area contributed by atoms with Gasteiger partial charge >= 0.3 is 6.18 Å². The van der Waals surface area contributed by atoms with Crippen LogP contribution in [0.3, 0.4) is 0 Å². The Morgan fingerprint density at radius 2 is 1.77 bits per heavy atom. The third kappa shape index (κ3) is 5.95. The molecule has 0 spiro atoms. The normalized spacial score (nSPS) is 14.3. The van der Waals surface area contributed by atoms with Crippen LogP contribution in [0.1, 0.15) is 24.0 Å². The van der Waals surface area contributed by atoms with Crippen molar-refractivity contribution in [1.82, 2.24) is 19.5 Å². The van der Waals surface area contributed by atoms with Gasteiger partial charge in [0.1, 0.15) is 5.65 Å². The molecule has 6 rings (SSSR count). The molecule has 1 aliphatic heterocycles. The Hall–Kier alpha value is -4.35. The maximum absolute atomic E-state index is 14.3. The van der Waals surface area contributed by atoms with E-state index in [0.29, 0.717) is 29.7 Å². The summed E-state index contributed by atoms with van der Waals surface area (Å²) in [5.74, 6) is -0.421. The number of halogens is 5. The van der Waals surface area contributed by atoms with Crippen molar-refractivity contribution in [3.05, 3.63) is 106 Å². The number of hydrogen-bond acceptors (Lipinski definition) is 6. The van der Waals surface area contributed by atoms with Crippen LogP contribution in [-0.2, 0) is 17.5 Å². The zero-order chi connectivity index (χ0) is 30.1.